The fourth-order valence-electron chi connectivity index (χ4n) is 2.91. The van der Waals surface area contributed by atoms with Gasteiger partial charge in [-0.2, -0.15) is 5.10 Å². The van der Waals surface area contributed by atoms with Crippen LogP contribution in [-0.2, 0) is 21.4 Å². The molecule has 1 fully saturated rings. The summed E-state index contributed by atoms with van der Waals surface area (Å²) in [6.07, 6.45) is 6.55. The zero-order chi connectivity index (χ0) is 17.4. The zero-order valence-corrected chi connectivity index (χ0v) is 13.7. The molecule has 4 rings (SSSR count). The number of aromatic nitrogens is 2. The molecule has 1 saturated heterocycles. The molecular weight excluding hydrogens is 320 g/mol. The zero-order valence-electron chi connectivity index (χ0n) is 13.7. The topological polar surface area (TPSA) is 76.8 Å². The molecule has 0 unspecified atom stereocenters. The van der Waals surface area contributed by atoms with Gasteiger partial charge in [0.25, 0.3) is 0 Å². The van der Waals surface area contributed by atoms with Crippen molar-refractivity contribution in [2.24, 2.45) is 12.0 Å². The van der Waals surface area contributed by atoms with Gasteiger partial charge in [-0.15, -0.1) is 0 Å². The van der Waals surface area contributed by atoms with Gasteiger partial charge in [-0.05, 0) is 36.8 Å². The lowest BCUT2D eigenvalue weighted by Crippen LogP contribution is -2.23. The molecular formula is C18H16N4O3. The summed E-state index contributed by atoms with van der Waals surface area (Å²) in [4.78, 5) is 29.8. The number of ether oxygens (including phenoxy) is 1. The predicted octanol–water partition coefficient (Wildman–Crippen LogP) is 1.89. The van der Waals surface area contributed by atoms with Gasteiger partial charge >= 0.3 is 5.97 Å². The number of amides is 1. The average molecular weight is 336 g/mol. The van der Waals surface area contributed by atoms with E-state index in [1.807, 2.05) is 12.1 Å². The summed E-state index contributed by atoms with van der Waals surface area (Å²) < 4.78 is 6.91. The highest BCUT2D eigenvalue weighted by molar-refractivity contribution is 6.13. The fourth-order valence-corrected chi connectivity index (χ4v) is 2.91. The van der Waals surface area contributed by atoms with Crippen molar-refractivity contribution in [3.63, 3.8) is 0 Å². The number of aliphatic imine (C=N–C) groups is 1. The van der Waals surface area contributed by atoms with Gasteiger partial charge in [0.15, 0.2) is 5.70 Å². The number of cyclic esters (lactones) is 1. The Labute approximate surface area is 144 Å². The number of aryl methyl sites for hydroxylation is 1. The first-order chi connectivity index (χ1) is 12.1. The molecule has 0 saturated carbocycles. The lowest BCUT2D eigenvalue weighted by Gasteiger charge is -2.15. The van der Waals surface area contributed by atoms with Gasteiger partial charge in [0.05, 0.1) is 6.20 Å². The molecule has 0 N–H and O–H groups in total. The first-order valence-corrected chi connectivity index (χ1v) is 8.02. The molecule has 1 amide bonds. The highest BCUT2D eigenvalue weighted by atomic mass is 16.6. The molecule has 0 aliphatic carbocycles. The maximum atomic E-state index is 12.0. The van der Waals surface area contributed by atoms with E-state index in [2.05, 4.69) is 10.1 Å². The van der Waals surface area contributed by atoms with Crippen LogP contribution in [0.5, 0.6) is 0 Å². The second-order valence-corrected chi connectivity index (χ2v) is 5.98. The lowest BCUT2D eigenvalue weighted by atomic mass is 10.2. The minimum Gasteiger partial charge on any atom is -0.402 e. The minimum atomic E-state index is -0.488. The van der Waals surface area contributed by atoms with Crippen molar-refractivity contribution < 1.29 is 14.3 Å². The largest absolute Gasteiger partial charge is 0.402 e. The van der Waals surface area contributed by atoms with Gasteiger partial charge in [0, 0.05) is 43.0 Å². The van der Waals surface area contributed by atoms with Crippen molar-refractivity contribution in [1.29, 1.82) is 0 Å². The van der Waals surface area contributed by atoms with E-state index in [1.54, 1.807) is 47.2 Å². The summed E-state index contributed by atoms with van der Waals surface area (Å²) in [6.45, 7) is 0.742. The van der Waals surface area contributed by atoms with Gasteiger partial charge in [0.2, 0.25) is 11.8 Å². The van der Waals surface area contributed by atoms with Crippen molar-refractivity contribution >= 4 is 29.5 Å². The fraction of sp³-hybridized carbons (Fsp3) is 0.222. The molecule has 25 heavy (non-hydrogen) atoms. The molecule has 1 aromatic heterocycles. The molecule has 126 valence electrons. The number of rotatable bonds is 3. The molecule has 2 aliphatic heterocycles. The molecule has 2 aliphatic rings. The highest BCUT2D eigenvalue weighted by Crippen LogP contribution is 2.24. The minimum absolute atomic E-state index is 0.138. The second-order valence-electron chi connectivity index (χ2n) is 5.98. The van der Waals surface area contributed by atoms with Crippen LogP contribution in [0.25, 0.3) is 6.08 Å². The Balaban J connectivity index is 1.57. The third kappa shape index (κ3) is 2.96. The molecule has 3 heterocycles. The van der Waals surface area contributed by atoms with Crippen LogP contribution >= 0.6 is 0 Å². The first-order valence-electron chi connectivity index (χ1n) is 8.02. The highest BCUT2D eigenvalue weighted by Gasteiger charge is 2.25. The Hall–Kier alpha value is -3.22. The Bertz CT molecular complexity index is 909. The Morgan fingerprint density at radius 1 is 1.20 bits per heavy atom. The van der Waals surface area contributed by atoms with Gasteiger partial charge in [-0.25, -0.2) is 9.79 Å². The van der Waals surface area contributed by atoms with E-state index in [-0.39, 0.29) is 17.5 Å². The maximum Gasteiger partial charge on any atom is 0.363 e. The lowest BCUT2D eigenvalue weighted by molar-refractivity contribution is -0.130. The van der Waals surface area contributed by atoms with Crippen molar-refractivity contribution in [1.82, 2.24) is 9.78 Å². The van der Waals surface area contributed by atoms with Crippen molar-refractivity contribution in [3.05, 3.63) is 53.5 Å². The van der Waals surface area contributed by atoms with Crippen molar-refractivity contribution in [2.75, 3.05) is 11.4 Å². The van der Waals surface area contributed by atoms with Crippen LogP contribution in [-0.4, -0.2) is 34.1 Å². The first kappa shape index (κ1) is 15.3. The number of anilines is 1. The summed E-state index contributed by atoms with van der Waals surface area (Å²) in [7, 11) is 1.80. The SMILES string of the molecule is Cn1cc(/C=C2/N=C(c3ccc(N4CCCC4=O)cc3)OC2=O)cn1. The third-order valence-electron chi connectivity index (χ3n) is 4.15. The summed E-state index contributed by atoms with van der Waals surface area (Å²) in [5, 5.41) is 4.05. The van der Waals surface area contributed by atoms with E-state index in [0.29, 0.717) is 12.0 Å². The van der Waals surface area contributed by atoms with E-state index in [4.69, 9.17) is 4.74 Å². The molecule has 1 aromatic carbocycles. The van der Waals surface area contributed by atoms with Crippen molar-refractivity contribution in [3.8, 4) is 0 Å². The van der Waals surface area contributed by atoms with Crippen LogP contribution in [0, 0.1) is 0 Å². The van der Waals surface area contributed by atoms with E-state index >= 15 is 0 Å². The van der Waals surface area contributed by atoms with Gasteiger partial charge in [-0.1, -0.05) is 0 Å². The van der Waals surface area contributed by atoms with E-state index in [0.717, 1.165) is 24.2 Å². The van der Waals surface area contributed by atoms with Gasteiger partial charge in [-0.3, -0.25) is 9.48 Å². The normalized spacial score (nSPS) is 18.8. The summed E-state index contributed by atoms with van der Waals surface area (Å²) >= 11 is 0. The van der Waals surface area contributed by atoms with Gasteiger partial charge in [0.1, 0.15) is 0 Å². The number of carbonyl (C=O) groups excluding carboxylic acids is 2. The summed E-state index contributed by atoms with van der Waals surface area (Å²) in [5.41, 5.74) is 2.56. The number of esters is 1. The van der Waals surface area contributed by atoms with Crippen LogP contribution in [0.1, 0.15) is 24.0 Å². The van der Waals surface area contributed by atoms with Crippen LogP contribution in [0.3, 0.4) is 0 Å². The Morgan fingerprint density at radius 2 is 2.00 bits per heavy atom. The maximum absolute atomic E-state index is 12.0. The Morgan fingerprint density at radius 3 is 2.64 bits per heavy atom. The van der Waals surface area contributed by atoms with E-state index in [9.17, 15) is 9.59 Å². The molecule has 0 radical (unpaired) electrons. The molecule has 0 spiro atoms. The quantitative estimate of drug-likeness (QED) is 0.633. The predicted molar refractivity (Wildman–Crippen MR) is 91.8 cm³/mol. The van der Waals surface area contributed by atoms with Crippen LogP contribution in [0.2, 0.25) is 0 Å². The van der Waals surface area contributed by atoms with Crippen LogP contribution in [0.15, 0.2) is 47.3 Å². The molecule has 0 bridgehead atoms. The smallest absolute Gasteiger partial charge is 0.363 e. The summed E-state index contributed by atoms with van der Waals surface area (Å²) in [6, 6.07) is 7.30. The number of hydrogen-bond donors (Lipinski definition) is 0. The van der Waals surface area contributed by atoms with Gasteiger partial charge < -0.3 is 9.64 Å². The van der Waals surface area contributed by atoms with E-state index in [1.165, 1.54) is 0 Å². The average Bonchev–Trinajstić information content (AvgIpc) is 3.30. The number of carbonyl (C=O) groups is 2. The molecule has 7 heteroatoms. The third-order valence-corrected chi connectivity index (χ3v) is 4.15. The number of nitrogens with zero attached hydrogens (tertiary/aromatic N) is 4. The molecule has 2 aromatic rings. The van der Waals surface area contributed by atoms with E-state index < -0.39 is 5.97 Å². The monoisotopic (exact) mass is 336 g/mol. The second kappa shape index (κ2) is 6.01. The van der Waals surface area contributed by atoms with Crippen molar-refractivity contribution in [2.45, 2.75) is 12.8 Å². The standard InChI is InChI=1S/C18H16N4O3/c1-21-11-12(10-19-21)9-15-18(24)25-17(20-15)13-4-6-14(7-5-13)22-8-2-3-16(22)23/h4-7,9-11H,2-3,8H2,1H3/b15-9+. The number of hydrogen-bond acceptors (Lipinski definition) is 5. The van der Waals surface area contributed by atoms with Crippen LogP contribution in [0.4, 0.5) is 5.69 Å². The molecule has 0 atom stereocenters. The Kier molecular flexibility index (Phi) is 3.68. The number of benzene rings is 1. The van der Waals surface area contributed by atoms with Crippen LogP contribution < -0.4 is 4.90 Å². The molecule has 7 nitrogen and oxygen atoms in total. The summed E-state index contributed by atoms with van der Waals surface area (Å²) in [5.74, 6) is -0.0869.